The van der Waals surface area contributed by atoms with E-state index in [-0.39, 0.29) is 29.0 Å². The van der Waals surface area contributed by atoms with Crippen LogP contribution in [0, 0.1) is 0 Å². The highest BCUT2D eigenvalue weighted by Gasteiger charge is 2.17. The Morgan fingerprint density at radius 3 is 2.67 bits per heavy atom. The van der Waals surface area contributed by atoms with E-state index in [4.69, 9.17) is 5.73 Å². The standard InChI is InChI=1S/C16H14N4O4/c1-24-15(22)10-7-11-13(18-12(10)17)20(16(23)19-14(11)21)8-9-5-3-2-4-6-9/h2-7H,8H2,1H3,(H2,17,18)(H,19,21,23). The van der Waals surface area contributed by atoms with Crippen LogP contribution in [-0.4, -0.2) is 27.6 Å². The van der Waals surface area contributed by atoms with Crippen molar-refractivity contribution in [3.8, 4) is 0 Å². The molecule has 0 saturated carbocycles. The van der Waals surface area contributed by atoms with Crippen molar-refractivity contribution in [3.63, 3.8) is 0 Å². The third-order valence-corrected chi connectivity index (χ3v) is 3.59. The number of pyridine rings is 1. The third-order valence-electron chi connectivity index (χ3n) is 3.59. The number of benzene rings is 1. The van der Waals surface area contributed by atoms with Gasteiger partial charge in [-0.1, -0.05) is 30.3 Å². The van der Waals surface area contributed by atoms with Crippen molar-refractivity contribution in [3.05, 3.63) is 68.4 Å². The molecule has 8 nitrogen and oxygen atoms in total. The van der Waals surface area contributed by atoms with Crippen molar-refractivity contribution in [1.82, 2.24) is 14.5 Å². The minimum Gasteiger partial charge on any atom is -0.465 e. The van der Waals surface area contributed by atoms with Crippen LogP contribution in [-0.2, 0) is 11.3 Å². The Labute approximate surface area is 135 Å². The number of fused-ring (bicyclic) bond motifs is 1. The topological polar surface area (TPSA) is 120 Å². The first-order valence-electron chi connectivity index (χ1n) is 7.07. The lowest BCUT2D eigenvalue weighted by molar-refractivity contribution is 0.0602. The second-order valence-corrected chi connectivity index (χ2v) is 5.11. The molecule has 1 aromatic carbocycles. The quantitative estimate of drug-likeness (QED) is 0.676. The zero-order chi connectivity index (χ0) is 17.3. The van der Waals surface area contributed by atoms with Gasteiger partial charge in [-0.25, -0.2) is 14.6 Å². The maximum absolute atomic E-state index is 12.2. The van der Waals surface area contributed by atoms with Gasteiger partial charge >= 0.3 is 11.7 Å². The number of hydrogen-bond acceptors (Lipinski definition) is 6. The molecule has 0 aliphatic heterocycles. The zero-order valence-electron chi connectivity index (χ0n) is 12.8. The minimum atomic E-state index is -0.706. The number of H-pyrrole nitrogens is 1. The van der Waals surface area contributed by atoms with E-state index >= 15 is 0 Å². The second kappa shape index (κ2) is 5.99. The lowest BCUT2D eigenvalue weighted by Gasteiger charge is -2.11. The van der Waals surface area contributed by atoms with Gasteiger partial charge < -0.3 is 10.5 Å². The summed E-state index contributed by atoms with van der Waals surface area (Å²) in [4.78, 5) is 42.3. The van der Waals surface area contributed by atoms with E-state index in [2.05, 4.69) is 14.7 Å². The number of ether oxygens (including phenoxy) is 1. The molecule has 3 rings (SSSR count). The molecule has 3 N–H and O–H groups in total. The molecule has 122 valence electrons. The molecule has 0 aliphatic carbocycles. The van der Waals surface area contributed by atoms with E-state index in [0.717, 1.165) is 5.56 Å². The van der Waals surface area contributed by atoms with Crippen molar-refractivity contribution in [2.75, 3.05) is 12.8 Å². The molecule has 0 bridgehead atoms. The molecule has 0 aliphatic rings. The van der Waals surface area contributed by atoms with Crippen molar-refractivity contribution in [2.24, 2.45) is 0 Å². The van der Waals surface area contributed by atoms with Crippen molar-refractivity contribution < 1.29 is 9.53 Å². The molecule has 0 amide bonds. The number of esters is 1. The number of nitrogens with zero attached hydrogens (tertiary/aromatic N) is 2. The Kier molecular flexibility index (Phi) is 3.87. The maximum atomic E-state index is 12.2. The number of hydrogen-bond donors (Lipinski definition) is 2. The SMILES string of the molecule is COC(=O)c1cc2c(=O)[nH]c(=O)n(Cc3ccccc3)c2nc1N. The Morgan fingerprint density at radius 1 is 1.29 bits per heavy atom. The zero-order valence-corrected chi connectivity index (χ0v) is 12.8. The summed E-state index contributed by atoms with van der Waals surface area (Å²) in [5, 5.41) is 0.0835. The molecule has 0 spiro atoms. The van der Waals surface area contributed by atoms with Gasteiger partial charge in [0.2, 0.25) is 0 Å². The number of carbonyl (C=O) groups is 1. The third kappa shape index (κ3) is 2.65. The summed E-state index contributed by atoms with van der Waals surface area (Å²) in [5.74, 6) is -0.816. The van der Waals surface area contributed by atoms with Crippen LogP contribution in [0.4, 0.5) is 5.82 Å². The van der Waals surface area contributed by atoms with Crippen LogP contribution >= 0.6 is 0 Å². The molecule has 0 radical (unpaired) electrons. The molecular formula is C16H14N4O4. The fourth-order valence-electron chi connectivity index (χ4n) is 2.40. The predicted octanol–water partition coefficient (Wildman–Crippen LogP) is 0.502. The van der Waals surface area contributed by atoms with Crippen LogP contribution in [0.3, 0.4) is 0 Å². The number of nitrogens with two attached hydrogens (primary N) is 1. The van der Waals surface area contributed by atoms with Gasteiger partial charge in [0, 0.05) is 0 Å². The van der Waals surface area contributed by atoms with E-state index in [1.807, 2.05) is 30.3 Å². The highest BCUT2D eigenvalue weighted by atomic mass is 16.5. The predicted molar refractivity (Wildman–Crippen MR) is 87.9 cm³/mol. The van der Waals surface area contributed by atoms with Crippen LogP contribution in [0.5, 0.6) is 0 Å². The summed E-state index contributed by atoms with van der Waals surface area (Å²) < 4.78 is 5.91. The van der Waals surface area contributed by atoms with Crippen LogP contribution in [0.2, 0.25) is 0 Å². The first kappa shape index (κ1) is 15.5. The average Bonchev–Trinajstić information content (AvgIpc) is 2.58. The fourth-order valence-corrected chi connectivity index (χ4v) is 2.40. The summed E-state index contributed by atoms with van der Waals surface area (Å²) in [5.41, 5.74) is 5.48. The summed E-state index contributed by atoms with van der Waals surface area (Å²) >= 11 is 0. The lowest BCUT2D eigenvalue weighted by Crippen LogP contribution is -2.31. The number of carbonyl (C=O) groups excluding carboxylic acids is 1. The van der Waals surface area contributed by atoms with E-state index in [9.17, 15) is 14.4 Å². The molecule has 8 heteroatoms. The molecule has 24 heavy (non-hydrogen) atoms. The lowest BCUT2D eigenvalue weighted by atomic mass is 10.2. The Balaban J connectivity index is 2.27. The van der Waals surface area contributed by atoms with E-state index in [1.165, 1.54) is 17.7 Å². The molecule has 0 fully saturated rings. The van der Waals surface area contributed by atoms with E-state index < -0.39 is 17.2 Å². The molecule has 2 heterocycles. The highest BCUT2D eigenvalue weighted by molar-refractivity contribution is 5.97. The number of rotatable bonds is 3. The van der Waals surface area contributed by atoms with Gasteiger partial charge in [-0.3, -0.25) is 14.3 Å². The van der Waals surface area contributed by atoms with Gasteiger partial charge in [0.1, 0.15) is 11.4 Å². The number of aromatic nitrogens is 3. The molecule has 3 aromatic rings. The van der Waals surface area contributed by atoms with Crippen molar-refractivity contribution in [2.45, 2.75) is 6.54 Å². The number of anilines is 1. The number of methoxy groups -OCH3 is 1. The smallest absolute Gasteiger partial charge is 0.341 e. The highest BCUT2D eigenvalue weighted by Crippen LogP contribution is 2.16. The van der Waals surface area contributed by atoms with Crippen LogP contribution in [0.1, 0.15) is 15.9 Å². The van der Waals surface area contributed by atoms with Gasteiger partial charge in [0.15, 0.2) is 5.65 Å². The summed E-state index contributed by atoms with van der Waals surface area (Å²) in [6.07, 6.45) is 0. The van der Waals surface area contributed by atoms with Crippen molar-refractivity contribution in [1.29, 1.82) is 0 Å². The Bertz CT molecular complexity index is 1040. The molecule has 0 saturated heterocycles. The summed E-state index contributed by atoms with van der Waals surface area (Å²) in [7, 11) is 1.20. The monoisotopic (exact) mass is 326 g/mol. The fraction of sp³-hybridized carbons (Fsp3) is 0.125. The van der Waals surface area contributed by atoms with Crippen LogP contribution in [0.25, 0.3) is 11.0 Å². The average molecular weight is 326 g/mol. The van der Waals surface area contributed by atoms with Gasteiger partial charge in [-0.15, -0.1) is 0 Å². The summed E-state index contributed by atoms with van der Waals surface area (Å²) in [6, 6.07) is 10.5. The van der Waals surface area contributed by atoms with Crippen LogP contribution in [0.15, 0.2) is 46.0 Å². The number of nitrogens with one attached hydrogen (secondary N) is 1. The second-order valence-electron chi connectivity index (χ2n) is 5.11. The van der Waals surface area contributed by atoms with E-state index in [0.29, 0.717) is 0 Å². The van der Waals surface area contributed by atoms with E-state index in [1.54, 1.807) is 0 Å². The van der Waals surface area contributed by atoms with Gasteiger partial charge in [-0.05, 0) is 11.6 Å². The molecule has 2 aromatic heterocycles. The van der Waals surface area contributed by atoms with Crippen molar-refractivity contribution >= 4 is 22.8 Å². The van der Waals surface area contributed by atoms with Crippen LogP contribution < -0.4 is 17.0 Å². The minimum absolute atomic E-state index is 0.0274. The molecule has 0 unspecified atom stereocenters. The van der Waals surface area contributed by atoms with Gasteiger partial charge in [-0.2, -0.15) is 0 Å². The Hall–Kier alpha value is -3.42. The molecular weight excluding hydrogens is 312 g/mol. The number of aromatic amines is 1. The molecule has 0 atom stereocenters. The normalized spacial score (nSPS) is 10.7. The van der Waals surface area contributed by atoms with Gasteiger partial charge in [0.25, 0.3) is 5.56 Å². The summed E-state index contributed by atoms with van der Waals surface area (Å²) in [6.45, 7) is 0.205. The first-order valence-corrected chi connectivity index (χ1v) is 7.07. The van der Waals surface area contributed by atoms with Gasteiger partial charge in [0.05, 0.1) is 19.0 Å². The Morgan fingerprint density at radius 2 is 2.00 bits per heavy atom. The first-order chi connectivity index (χ1) is 11.5. The maximum Gasteiger partial charge on any atom is 0.341 e. The largest absolute Gasteiger partial charge is 0.465 e. The number of nitrogen functional groups attached to an aromatic ring is 1.